The highest BCUT2D eigenvalue weighted by atomic mass is 32.2. The maximum atomic E-state index is 11.1. The van der Waals surface area contributed by atoms with Crippen LogP contribution in [0.3, 0.4) is 0 Å². The molecule has 0 radical (unpaired) electrons. The highest BCUT2D eigenvalue weighted by Crippen LogP contribution is 2.26. The molecule has 0 saturated carbocycles. The summed E-state index contributed by atoms with van der Waals surface area (Å²) in [4.78, 5) is 12.3. The van der Waals surface area contributed by atoms with E-state index in [0.29, 0.717) is 12.2 Å². The molecule has 0 aromatic heterocycles. The van der Waals surface area contributed by atoms with Gasteiger partial charge >= 0.3 is 0 Å². The quantitative estimate of drug-likeness (QED) is 0.604. The lowest BCUT2D eigenvalue weighted by Gasteiger charge is -2.10. The summed E-state index contributed by atoms with van der Waals surface area (Å²) < 4.78 is 5.77. The molecule has 0 amide bonds. The van der Waals surface area contributed by atoms with Crippen molar-refractivity contribution in [3.05, 3.63) is 29.8 Å². The SMILES string of the molecule is CC(=O)c1ccc(SCC2CCC(C)O2)cc1. The summed E-state index contributed by atoms with van der Waals surface area (Å²) >= 11 is 1.80. The molecule has 2 unspecified atom stereocenters. The standard InChI is InChI=1S/C14H18O2S/c1-10-3-6-13(16-10)9-17-14-7-4-12(5-8-14)11(2)15/h4-5,7-8,10,13H,3,6,9H2,1-2H3. The van der Waals surface area contributed by atoms with Gasteiger partial charge in [0.15, 0.2) is 5.78 Å². The smallest absolute Gasteiger partial charge is 0.159 e. The fourth-order valence-electron chi connectivity index (χ4n) is 1.98. The van der Waals surface area contributed by atoms with Crippen LogP contribution >= 0.6 is 11.8 Å². The van der Waals surface area contributed by atoms with Crippen molar-refractivity contribution in [2.45, 2.75) is 43.8 Å². The van der Waals surface area contributed by atoms with E-state index in [-0.39, 0.29) is 5.78 Å². The van der Waals surface area contributed by atoms with Crippen molar-refractivity contribution in [3.63, 3.8) is 0 Å². The molecule has 0 aliphatic carbocycles. The molecule has 2 nitrogen and oxygen atoms in total. The van der Waals surface area contributed by atoms with Gasteiger partial charge in [0.25, 0.3) is 0 Å². The van der Waals surface area contributed by atoms with Crippen molar-refractivity contribution >= 4 is 17.5 Å². The summed E-state index contributed by atoms with van der Waals surface area (Å²) in [6.45, 7) is 3.72. The number of carbonyl (C=O) groups excluding carboxylic acids is 1. The third-order valence-electron chi connectivity index (χ3n) is 3.02. The van der Waals surface area contributed by atoms with Crippen LogP contribution in [0.15, 0.2) is 29.2 Å². The first kappa shape index (κ1) is 12.7. The first-order valence-corrected chi connectivity index (χ1v) is 7.03. The fraction of sp³-hybridized carbons (Fsp3) is 0.500. The molecule has 92 valence electrons. The van der Waals surface area contributed by atoms with E-state index in [1.54, 1.807) is 18.7 Å². The molecule has 2 atom stereocenters. The Labute approximate surface area is 107 Å². The van der Waals surface area contributed by atoms with Gasteiger partial charge in [-0.05, 0) is 38.8 Å². The van der Waals surface area contributed by atoms with Gasteiger partial charge in [0.05, 0.1) is 12.2 Å². The summed E-state index contributed by atoms with van der Waals surface area (Å²) in [6.07, 6.45) is 3.15. The average Bonchev–Trinajstić information content (AvgIpc) is 2.73. The second-order valence-corrected chi connectivity index (χ2v) is 5.63. The van der Waals surface area contributed by atoms with Crippen molar-refractivity contribution in [1.29, 1.82) is 0 Å². The number of hydrogen-bond acceptors (Lipinski definition) is 3. The molecule has 17 heavy (non-hydrogen) atoms. The molecule has 1 aliphatic rings. The van der Waals surface area contributed by atoms with E-state index in [2.05, 4.69) is 6.92 Å². The zero-order valence-corrected chi connectivity index (χ0v) is 11.1. The molecule has 1 fully saturated rings. The molecular weight excluding hydrogens is 232 g/mol. The van der Waals surface area contributed by atoms with Gasteiger partial charge in [0.1, 0.15) is 0 Å². The van der Waals surface area contributed by atoms with Gasteiger partial charge in [-0.15, -0.1) is 11.8 Å². The predicted octanol–water partition coefficient (Wildman–Crippen LogP) is 3.55. The normalized spacial score (nSPS) is 23.9. The van der Waals surface area contributed by atoms with Crippen LogP contribution in [0.1, 0.15) is 37.0 Å². The molecule has 0 bridgehead atoms. The summed E-state index contributed by atoms with van der Waals surface area (Å²) in [5, 5.41) is 0. The molecule has 0 spiro atoms. The fourth-order valence-corrected chi connectivity index (χ4v) is 2.93. The lowest BCUT2D eigenvalue weighted by atomic mass is 10.2. The number of ketones is 1. The van der Waals surface area contributed by atoms with Crippen LogP contribution in [0.25, 0.3) is 0 Å². The van der Waals surface area contributed by atoms with Crippen LogP contribution in [0.4, 0.5) is 0 Å². The van der Waals surface area contributed by atoms with Crippen molar-refractivity contribution in [2.24, 2.45) is 0 Å². The highest BCUT2D eigenvalue weighted by Gasteiger charge is 2.21. The van der Waals surface area contributed by atoms with Gasteiger partial charge in [-0.2, -0.15) is 0 Å². The molecule has 1 aromatic carbocycles. The Kier molecular flexibility index (Phi) is 4.24. The van der Waals surface area contributed by atoms with E-state index in [1.807, 2.05) is 24.3 Å². The van der Waals surface area contributed by atoms with Crippen molar-refractivity contribution in [2.75, 3.05) is 5.75 Å². The van der Waals surface area contributed by atoms with E-state index in [0.717, 1.165) is 11.3 Å². The van der Waals surface area contributed by atoms with Gasteiger partial charge in [-0.25, -0.2) is 0 Å². The van der Waals surface area contributed by atoms with Crippen LogP contribution in [0.2, 0.25) is 0 Å². The van der Waals surface area contributed by atoms with Gasteiger partial charge in [0.2, 0.25) is 0 Å². The van der Waals surface area contributed by atoms with Crippen LogP contribution in [-0.2, 0) is 4.74 Å². The molecule has 1 heterocycles. The van der Waals surface area contributed by atoms with Crippen LogP contribution in [0.5, 0.6) is 0 Å². The predicted molar refractivity (Wildman–Crippen MR) is 70.7 cm³/mol. The number of rotatable bonds is 4. The van der Waals surface area contributed by atoms with Gasteiger partial charge in [-0.3, -0.25) is 4.79 Å². The first-order valence-electron chi connectivity index (χ1n) is 6.04. The number of carbonyl (C=O) groups is 1. The number of benzene rings is 1. The van der Waals surface area contributed by atoms with E-state index in [9.17, 15) is 4.79 Å². The second kappa shape index (κ2) is 5.69. The number of hydrogen-bond donors (Lipinski definition) is 0. The van der Waals surface area contributed by atoms with Crippen molar-refractivity contribution in [1.82, 2.24) is 0 Å². The lowest BCUT2D eigenvalue weighted by Crippen LogP contribution is -2.10. The van der Waals surface area contributed by atoms with Crippen LogP contribution in [-0.4, -0.2) is 23.7 Å². The van der Waals surface area contributed by atoms with Gasteiger partial charge < -0.3 is 4.74 Å². The lowest BCUT2D eigenvalue weighted by molar-refractivity contribution is 0.0700. The van der Waals surface area contributed by atoms with E-state index in [1.165, 1.54) is 17.7 Å². The Bertz CT molecular complexity index is 386. The van der Waals surface area contributed by atoms with E-state index < -0.39 is 0 Å². The van der Waals surface area contributed by atoms with Crippen LogP contribution in [0, 0.1) is 0 Å². The molecule has 2 rings (SSSR count). The summed E-state index contributed by atoms with van der Waals surface area (Å²) in [5.74, 6) is 1.12. The highest BCUT2D eigenvalue weighted by molar-refractivity contribution is 7.99. The van der Waals surface area contributed by atoms with E-state index >= 15 is 0 Å². The van der Waals surface area contributed by atoms with Gasteiger partial charge in [0, 0.05) is 16.2 Å². The Morgan fingerprint density at radius 1 is 1.35 bits per heavy atom. The molecule has 1 aromatic rings. The van der Waals surface area contributed by atoms with Crippen LogP contribution < -0.4 is 0 Å². The monoisotopic (exact) mass is 250 g/mol. The maximum absolute atomic E-state index is 11.1. The average molecular weight is 250 g/mol. The molecular formula is C14H18O2S. The topological polar surface area (TPSA) is 26.3 Å². The minimum atomic E-state index is 0.120. The van der Waals surface area contributed by atoms with E-state index in [4.69, 9.17) is 4.74 Å². The zero-order chi connectivity index (χ0) is 12.3. The summed E-state index contributed by atoms with van der Waals surface area (Å²) in [7, 11) is 0. The Balaban J connectivity index is 1.85. The second-order valence-electron chi connectivity index (χ2n) is 4.54. The third-order valence-corrected chi connectivity index (χ3v) is 4.16. The summed E-state index contributed by atoms with van der Waals surface area (Å²) in [5.41, 5.74) is 0.778. The maximum Gasteiger partial charge on any atom is 0.159 e. The molecule has 1 saturated heterocycles. The number of Topliss-reactive ketones (excluding diaryl/α,β-unsaturated/α-hetero) is 1. The number of ether oxygens (including phenoxy) is 1. The minimum Gasteiger partial charge on any atom is -0.374 e. The Morgan fingerprint density at radius 3 is 2.59 bits per heavy atom. The van der Waals surface area contributed by atoms with Gasteiger partial charge in [-0.1, -0.05) is 12.1 Å². The molecule has 0 N–H and O–H groups in total. The largest absolute Gasteiger partial charge is 0.374 e. The molecule has 1 aliphatic heterocycles. The third kappa shape index (κ3) is 3.58. The Morgan fingerprint density at radius 2 is 2.06 bits per heavy atom. The first-order chi connectivity index (χ1) is 8.15. The summed E-state index contributed by atoms with van der Waals surface area (Å²) in [6, 6.07) is 7.81. The minimum absolute atomic E-state index is 0.120. The van der Waals surface area contributed by atoms with Crippen molar-refractivity contribution < 1.29 is 9.53 Å². The van der Waals surface area contributed by atoms with Crippen molar-refractivity contribution in [3.8, 4) is 0 Å². The molecule has 3 heteroatoms. The zero-order valence-electron chi connectivity index (χ0n) is 10.3. The Hall–Kier alpha value is -0.800. The number of thioether (sulfide) groups is 1.